The number of nitrogens with one attached hydrogen (secondary N) is 2. The van der Waals surface area contributed by atoms with E-state index < -0.39 is 0 Å². The molecule has 2 N–H and O–H groups in total. The van der Waals surface area contributed by atoms with E-state index in [0.717, 1.165) is 50.2 Å². The van der Waals surface area contributed by atoms with Crippen molar-refractivity contribution < 1.29 is 0 Å². The maximum Gasteiger partial charge on any atom is 0.139 e. The lowest BCUT2D eigenvalue weighted by atomic mass is 10.1. The van der Waals surface area contributed by atoms with Gasteiger partial charge >= 0.3 is 0 Å². The number of halogens is 6. The maximum absolute atomic E-state index is 6.23. The Morgan fingerprint density at radius 1 is 0.537 bits per heavy atom. The predicted molar refractivity (Wildman–Crippen MR) is 174 cm³/mol. The van der Waals surface area contributed by atoms with Crippen molar-refractivity contribution in [2.24, 2.45) is 0 Å². The molecule has 6 rings (SSSR count). The minimum Gasteiger partial charge on any atom is -0.341 e. The van der Waals surface area contributed by atoms with Gasteiger partial charge in [0.2, 0.25) is 0 Å². The normalized spacial score (nSPS) is 10.8. The zero-order valence-electron chi connectivity index (χ0n) is 21.3. The average Bonchev–Trinajstić information content (AvgIpc) is 3.59. The molecule has 0 spiro atoms. The Morgan fingerprint density at radius 2 is 1.15 bits per heavy atom. The van der Waals surface area contributed by atoms with Crippen molar-refractivity contribution >= 4 is 69.6 Å². The zero-order chi connectivity index (χ0) is 29.1. The van der Waals surface area contributed by atoms with Gasteiger partial charge in [-0.25, -0.2) is 9.97 Å². The summed E-state index contributed by atoms with van der Waals surface area (Å²) in [6, 6.07) is 25.9. The van der Waals surface area contributed by atoms with E-state index in [1.54, 1.807) is 24.3 Å². The molecule has 6 aromatic rings. The number of H-pyrrole nitrogens is 2. The minimum absolute atomic E-state index is 0.493. The van der Waals surface area contributed by atoms with Crippen LogP contribution in [0, 0.1) is 6.92 Å². The van der Waals surface area contributed by atoms with Gasteiger partial charge in [-0.2, -0.15) is 0 Å². The number of imidazole rings is 2. The molecule has 206 valence electrons. The molecule has 2 aromatic heterocycles. The summed E-state index contributed by atoms with van der Waals surface area (Å²) in [5.74, 6) is 1.50. The molecular formula is C31H20Cl6N4. The topological polar surface area (TPSA) is 57.4 Å². The zero-order valence-corrected chi connectivity index (χ0v) is 25.9. The van der Waals surface area contributed by atoms with Gasteiger partial charge in [0.25, 0.3) is 0 Å². The van der Waals surface area contributed by atoms with Gasteiger partial charge < -0.3 is 9.97 Å². The van der Waals surface area contributed by atoms with E-state index in [2.05, 4.69) is 19.9 Å². The molecule has 0 aliphatic carbocycles. The molecule has 0 amide bonds. The number of hydrogen-bond donors (Lipinski definition) is 2. The average molecular weight is 661 g/mol. The minimum atomic E-state index is 0.493. The number of nitrogens with zero attached hydrogens (tertiary/aromatic N) is 2. The van der Waals surface area contributed by atoms with E-state index in [4.69, 9.17) is 69.6 Å². The molecule has 0 aliphatic heterocycles. The van der Waals surface area contributed by atoms with E-state index in [0.29, 0.717) is 30.9 Å². The molecule has 41 heavy (non-hydrogen) atoms. The summed E-state index contributed by atoms with van der Waals surface area (Å²) in [5, 5.41) is 3.57. The monoisotopic (exact) mass is 658 g/mol. The predicted octanol–water partition coefficient (Wildman–Crippen LogP) is 11.7. The first-order valence-electron chi connectivity index (χ1n) is 12.2. The molecule has 0 fully saturated rings. The molecule has 0 atom stereocenters. The van der Waals surface area contributed by atoms with Gasteiger partial charge in [0, 0.05) is 37.5 Å². The summed E-state index contributed by atoms with van der Waals surface area (Å²) < 4.78 is 0. The van der Waals surface area contributed by atoms with Crippen molar-refractivity contribution in [1.82, 2.24) is 19.9 Å². The van der Waals surface area contributed by atoms with Gasteiger partial charge in [-0.3, -0.25) is 0 Å². The van der Waals surface area contributed by atoms with E-state index in [-0.39, 0.29) is 0 Å². The third-order valence-corrected chi connectivity index (χ3v) is 7.90. The fraction of sp³-hybridized carbons (Fsp3) is 0.0323. The van der Waals surface area contributed by atoms with Crippen molar-refractivity contribution in [3.05, 3.63) is 127 Å². The van der Waals surface area contributed by atoms with E-state index >= 15 is 0 Å². The Bertz CT molecular complexity index is 1750. The van der Waals surface area contributed by atoms with Crippen LogP contribution in [-0.4, -0.2) is 19.9 Å². The van der Waals surface area contributed by atoms with Gasteiger partial charge in [-0.05, 0) is 79.2 Å². The molecule has 0 aliphatic rings. The van der Waals surface area contributed by atoms with Gasteiger partial charge in [0.15, 0.2) is 0 Å². The number of aromatic nitrogens is 4. The van der Waals surface area contributed by atoms with Gasteiger partial charge in [0.05, 0.1) is 32.7 Å². The summed E-state index contributed by atoms with van der Waals surface area (Å²) in [4.78, 5) is 15.5. The van der Waals surface area contributed by atoms with Crippen LogP contribution in [-0.2, 0) is 0 Å². The van der Waals surface area contributed by atoms with Gasteiger partial charge in [0.1, 0.15) is 11.6 Å². The Hall–Kier alpha value is -2.96. The third-order valence-electron chi connectivity index (χ3n) is 6.11. The van der Waals surface area contributed by atoms with Crippen LogP contribution in [0.25, 0.3) is 45.3 Å². The second-order valence-electron chi connectivity index (χ2n) is 8.97. The fourth-order valence-electron chi connectivity index (χ4n) is 4.05. The van der Waals surface area contributed by atoms with E-state index in [1.165, 1.54) is 0 Å². The highest BCUT2D eigenvalue weighted by atomic mass is 35.5. The summed E-state index contributed by atoms with van der Waals surface area (Å²) in [6.07, 6.45) is 1.81. The molecule has 4 aromatic carbocycles. The van der Waals surface area contributed by atoms with E-state index in [1.807, 2.05) is 73.8 Å². The van der Waals surface area contributed by atoms with Gasteiger partial charge in [-0.15, -0.1) is 0 Å². The largest absolute Gasteiger partial charge is 0.341 e. The SMILES string of the molecule is Cc1[nH]c(-c2ccc(Cl)cc2Cl)nc1-c1ccc(Cl)c(Cl)c1.Clc1ccc(-c2cnc(-c3ccc(Cl)cc3)[nH]2)cc1. The van der Waals surface area contributed by atoms with Crippen LogP contribution in [0.1, 0.15) is 5.69 Å². The molecule has 10 heteroatoms. The van der Waals surface area contributed by atoms with Crippen LogP contribution in [0.3, 0.4) is 0 Å². The van der Waals surface area contributed by atoms with Crippen molar-refractivity contribution in [2.75, 3.05) is 0 Å². The summed E-state index contributed by atoms with van der Waals surface area (Å²) in [5.41, 5.74) is 6.42. The lowest BCUT2D eigenvalue weighted by molar-refractivity contribution is 1.26. The lowest BCUT2D eigenvalue weighted by Crippen LogP contribution is -1.83. The number of aryl methyl sites for hydroxylation is 1. The molecule has 0 saturated carbocycles. The standard InChI is InChI=1S/C16H10Cl4N2.C15H10Cl2N2/c1-8-15(9-2-5-12(18)14(20)6-9)22-16(21-8)11-4-3-10(17)7-13(11)19;16-12-5-1-10(2-6-12)14-9-18-15(19-14)11-3-7-13(17)8-4-11/h2-7H,1H3,(H,21,22);1-9H,(H,18,19). The van der Waals surface area contributed by atoms with Crippen LogP contribution in [0.5, 0.6) is 0 Å². The smallest absolute Gasteiger partial charge is 0.139 e. The molecule has 0 bridgehead atoms. The molecule has 4 nitrogen and oxygen atoms in total. The maximum atomic E-state index is 6.23. The summed E-state index contributed by atoms with van der Waals surface area (Å²) in [6.45, 7) is 1.94. The quantitative estimate of drug-likeness (QED) is 0.198. The Kier molecular flexibility index (Phi) is 9.30. The van der Waals surface area contributed by atoms with Gasteiger partial charge in [-0.1, -0.05) is 87.8 Å². The fourth-order valence-corrected chi connectivity index (χ4v) is 5.09. The number of hydrogen-bond acceptors (Lipinski definition) is 2. The first-order valence-corrected chi connectivity index (χ1v) is 14.5. The Morgan fingerprint density at radius 3 is 1.78 bits per heavy atom. The van der Waals surface area contributed by atoms with E-state index in [9.17, 15) is 0 Å². The van der Waals surface area contributed by atoms with Crippen LogP contribution in [0.2, 0.25) is 30.1 Å². The Labute approximate surface area is 267 Å². The molecular weight excluding hydrogens is 641 g/mol. The summed E-state index contributed by atoms with van der Waals surface area (Å²) >= 11 is 35.9. The molecule has 0 saturated heterocycles. The number of benzene rings is 4. The van der Waals surface area contributed by atoms with Crippen molar-refractivity contribution in [3.8, 4) is 45.3 Å². The second kappa shape index (κ2) is 12.9. The van der Waals surface area contributed by atoms with Crippen LogP contribution < -0.4 is 0 Å². The molecule has 0 unspecified atom stereocenters. The van der Waals surface area contributed by atoms with Crippen molar-refractivity contribution in [1.29, 1.82) is 0 Å². The van der Waals surface area contributed by atoms with Crippen LogP contribution in [0.4, 0.5) is 0 Å². The van der Waals surface area contributed by atoms with Crippen molar-refractivity contribution in [2.45, 2.75) is 6.92 Å². The van der Waals surface area contributed by atoms with Crippen LogP contribution in [0.15, 0.2) is 91.1 Å². The van der Waals surface area contributed by atoms with Crippen molar-refractivity contribution in [3.63, 3.8) is 0 Å². The highest BCUT2D eigenvalue weighted by molar-refractivity contribution is 6.42. The second-order valence-corrected chi connectivity index (χ2v) is 11.5. The summed E-state index contributed by atoms with van der Waals surface area (Å²) in [7, 11) is 0. The van der Waals surface area contributed by atoms with Crippen LogP contribution >= 0.6 is 69.6 Å². The first-order chi connectivity index (χ1) is 19.7. The highest BCUT2D eigenvalue weighted by Crippen LogP contribution is 2.33. The molecule has 0 radical (unpaired) electrons. The lowest BCUT2D eigenvalue weighted by Gasteiger charge is -2.01. The number of aromatic amines is 2. The first kappa shape index (κ1) is 29.5. The number of rotatable bonds is 4. The third kappa shape index (κ3) is 7.10. The Balaban J connectivity index is 0.000000166. The highest BCUT2D eigenvalue weighted by Gasteiger charge is 2.14. The molecule has 2 heterocycles.